The third kappa shape index (κ3) is 2.05. The van der Waals surface area contributed by atoms with Crippen molar-refractivity contribution in [1.82, 2.24) is 4.98 Å². The molecule has 20 heavy (non-hydrogen) atoms. The molecule has 0 bridgehead atoms. The van der Waals surface area contributed by atoms with Crippen LogP contribution in [0.2, 0.25) is 15.1 Å². The van der Waals surface area contributed by atoms with E-state index in [4.69, 9.17) is 39.5 Å². The second-order valence-corrected chi connectivity index (χ2v) is 5.49. The summed E-state index contributed by atoms with van der Waals surface area (Å²) in [6, 6.07) is 9.18. The van der Waals surface area contributed by atoms with Crippen LogP contribution < -0.4 is 4.74 Å². The second kappa shape index (κ2) is 5.21. The number of H-pyrrole nitrogens is 1. The van der Waals surface area contributed by atoms with Crippen molar-refractivity contribution in [2.75, 3.05) is 7.11 Å². The fourth-order valence-electron chi connectivity index (χ4n) is 2.29. The van der Waals surface area contributed by atoms with Crippen molar-refractivity contribution < 1.29 is 4.74 Å². The van der Waals surface area contributed by atoms with Crippen LogP contribution in [0, 0.1) is 0 Å². The minimum Gasteiger partial charge on any atom is -0.496 e. The van der Waals surface area contributed by atoms with Gasteiger partial charge in [0.05, 0.1) is 27.7 Å². The van der Waals surface area contributed by atoms with Crippen molar-refractivity contribution in [2.24, 2.45) is 0 Å². The topological polar surface area (TPSA) is 25.0 Å². The number of hydrogen-bond acceptors (Lipinski definition) is 1. The highest BCUT2D eigenvalue weighted by atomic mass is 35.5. The van der Waals surface area contributed by atoms with Crippen molar-refractivity contribution in [3.05, 3.63) is 51.6 Å². The molecule has 0 fully saturated rings. The summed E-state index contributed by atoms with van der Waals surface area (Å²) in [5.41, 5.74) is 2.52. The molecule has 0 saturated heterocycles. The zero-order valence-corrected chi connectivity index (χ0v) is 12.8. The summed E-state index contributed by atoms with van der Waals surface area (Å²) in [6.45, 7) is 0. The van der Waals surface area contributed by atoms with E-state index in [0.717, 1.165) is 27.8 Å². The highest BCUT2D eigenvalue weighted by Crippen LogP contribution is 2.43. The van der Waals surface area contributed by atoms with Gasteiger partial charge in [-0.25, -0.2) is 0 Å². The maximum Gasteiger partial charge on any atom is 0.128 e. The van der Waals surface area contributed by atoms with Crippen LogP contribution >= 0.6 is 34.8 Å². The quantitative estimate of drug-likeness (QED) is 0.591. The van der Waals surface area contributed by atoms with E-state index < -0.39 is 0 Å². The average molecular weight is 327 g/mol. The Morgan fingerprint density at radius 3 is 2.45 bits per heavy atom. The number of ether oxygens (including phenoxy) is 1. The summed E-state index contributed by atoms with van der Waals surface area (Å²) in [4.78, 5) is 3.19. The summed E-state index contributed by atoms with van der Waals surface area (Å²) in [5.74, 6) is 0.791. The molecule has 3 rings (SSSR count). The van der Waals surface area contributed by atoms with Crippen molar-refractivity contribution in [3.8, 4) is 16.9 Å². The van der Waals surface area contributed by atoms with Crippen LogP contribution in [-0.4, -0.2) is 12.1 Å². The van der Waals surface area contributed by atoms with Gasteiger partial charge in [-0.3, -0.25) is 0 Å². The Labute approximate surface area is 131 Å². The summed E-state index contributed by atoms with van der Waals surface area (Å²) in [6.07, 6.45) is 1.85. The number of rotatable bonds is 2. The standard InChI is InChI=1S/C15H10Cl3NO/c1-20-12-5-2-9(15-8(12)6-7-19-15)13-10(16)3-4-11(17)14(13)18/h2-7,19H,1H3. The molecule has 0 saturated carbocycles. The number of hydrogen-bond donors (Lipinski definition) is 1. The van der Waals surface area contributed by atoms with Gasteiger partial charge in [0, 0.05) is 22.7 Å². The van der Waals surface area contributed by atoms with Crippen LogP contribution in [0.15, 0.2) is 36.5 Å². The largest absolute Gasteiger partial charge is 0.496 e. The molecule has 0 aliphatic carbocycles. The van der Waals surface area contributed by atoms with E-state index >= 15 is 0 Å². The minimum absolute atomic E-state index is 0.445. The number of benzene rings is 2. The fourth-order valence-corrected chi connectivity index (χ4v) is 3.02. The van der Waals surface area contributed by atoms with E-state index in [9.17, 15) is 0 Å². The Bertz CT molecular complexity index is 795. The predicted molar refractivity (Wildman–Crippen MR) is 85.3 cm³/mol. The van der Waals surface area contributed by atoms with Crippen molar-refractivity contribution in [1.29, 1.82) is 0 Å². The molecule has 0 atom stereocenters. The van der Waals surface area contributed by atoms with Gasteiger partial charge in [0.2, 0.25) is 0 Å². The minimum atomic E-state index is 0.445. The first-order valence-electron chi connectivity index (χ1n) is 5.91. The van der Waals surface area contributed by atoms with E-state index in [1.807, 2.05) is 24.4 Å². The first kappa shape index (κ1) is 13.6. The number of nitrogens with one attached hydrogen (secondary N) is 1. The second-order valence-electron chi connectivity index (χ2n) is 4.30. The van der Waals surface area contributed by atoms with Gasteiger partial charge in [-0.15, -0.1) is 0 Å². The molecule has 3 aromatic rings. The van der Waals surface area contributed by atoms with Crippen LogP contribution in [0.3, 0.4) is 0 Å². The molecule has 2 aromatic carbocycles. The summed E-state index contributed by atoms with van der Waals surface area (Å²) < 4.78 is 5.35. The van der Waals surface area contributed by atoms with E-state index in [1.54, 1.807) is 19.2 Å². The SMILES string of the molecule is COc1ccc(-c2c(Cl)ccc(Cl)c2Cl)c2[nH]ccc12. The lowest BCUT2D eigenvalue weighted by atomic mass is 10.0. The lowest BCUT2D eigenvalue weighted by molar-refractivity contribution is 0.420. The van der Waals surface area contributed by atoms with Crippen molar-refractivity contribution in [2.45, 2.75) is 0 Å². The molecule has 0 aliphatic heterocycles. The molecule has 1 N–H and O–H groups in total. The number of methoxy groups -OCH3 is 1. The molecule has 0 unspecified atom stereocenters. The first-order chi connectivity index (χ1) is 9.63. The lowest BCUT2D eigenvalue weighted by Gasteiger charge is -2.11. The summed E-state index contributed by atoms with van der Waals surface area (Å²) in [5, 5.41) is 2.44. The maximum atomic E-state index is 6.31. The van der Waals surface area contributed by atoms with Gasteiger partial charge in [0.15, 0.2) is 0 Å². The molecule has 1 heterocycles. The Kier molecular flexibility index (Phi) is 3.55. The third-order valence-electron chi connectivity index (χ3n) is 3.22. The smallest absolute Gasteiger partial charge is 0.128 e. The third-order valence-corrected chi connectivity index (χ3v) is 4.34. The molecule has 0 radical (unpaired) electrons. The average Bonchev–Trinajstić information content (AvgIpc) is 2.93. The van der Waals surface area contributed by atoms with Gasteiger partial charge in [0.25, 0.3) is 0 Å². The molecular weight excluding hydrogens is 317 g/mol. The van der Waals surface area contributed by atoms with E-state index in [2.05, 4.69) is 4.98 Å². The highest BCUT2D eigenvalue weighted by Gasteiger charge is 2.16. The van der Waals surface area contributed by atoms with Gasteiger partial charge < -0.3 is 9.72 Å². The number of fused-ring (bicyclic) bond motifs is 1. The molecule has 1 aromatic heterocycles. The van der Waals surface area contributed by atoms with Crippen LogP contribution in [0.25, 0.3) is 22.0 Å². The van der Waals surface area contributed by atoms with Gasteiger partial charge in [-0.05, 0) is 30.3 Å². The molecule has 0 aliphatic rings. The molecule has 0 spiro atoms. The van der Waals surface area contributed by atoms with Gasteiger partial charge in [0.1, 0.15) is 5.75 Å². The predicted octanol–water partition coefficient (Wildman–Crippen LogP) is 5.80. The molecule has 102 valence electrons. The molecule has 5 heteroatoms. The summed E-state index contributed by atoms with van der Waals surface area (Å²) >= 11 is 18.7. The number of halogens is 3. The fraction of sp³-hybridized carbons (Fsp3) is 0.0667. The van der Waals surface area contributed by atoms with E-state index in [1.165, 1.54) is 0 Å². The Balaban J connectivity index is 2.37. The Hall–Kier alpha value is -1.35. The zero-order valence-electron chi connectivity index (χ0n) is 10.5. The molecular formula is C15H10Cl3NO. The van der Waals surface area contributed by atoms with Gasteiger partial charge >= 0.3 is 0 Å². The number of aromatic amines is 1. The van der Waals surface area contributed by atoms with E-state index in [0.29, 0.717) is 15.1 Å². The summed E-state index contributed by atoms with van der Waals surface area (Å²) in [7, 11) is 1.64. The van der Waals surface area contributed by atoms with Gasteiger partial charge in [-0.1, -0.05) is 34.8 Å². The molecule has 2 nitrogen and oxygen atoms in total. The maximum absolute atomic E-state index is 6.31. The normalized spacial score (nSPS) is 11.0. The Morgan fingerprint density at radius 2 is 1.70 bits per heavy atom. The Morgan fingerprint density at radius 1 is 0.950 bits per heavy atom. The van der Waals surface area contributed by atoms with Crippen molar-refractivity contribution in [3.63, 3.8) is 0 Å². The van der Waals surface area contributed by atoms with Gasteiger partial charge in [-0.2, -0.15) is 0 Å². The zero-order chi connectivity index (χ0) is 14.3. The first-order valence-corrected chi connectivity index (χ1v) is 7.05. The van der Waals surface area contributed by atoms with Crippen molar-refractivity contribution >= 4 is 45.7 Å². The highest BCUT2D eigenvalue weighted by molar-refractivity contribution is 6.46. The van der Waals surface area contributed by atoms with Crippen LogP contribution in [0.1, 0.15) is 0 Å². The van der Waals surface area contributed by atoms with E-state index in [-0.39, 0.29) is 0 Å². The number of aromatic nitrogens is 1. The molecule has 0 amide bonds. The van der Waals surface area contributed by atoms with Crippen LogP contribution in [0.5, 0.6) is 5.75 Å². The van der Waals surface area contributed by atoms with Crippen LogP contribution in [-0.2, 0) is 0 Å². The monoisotopic (exact) mass is 325 g/mol. The van der Waals surface area contributed by atoms with Crippen LogP contribution in [0.4, 0.5) is 0 Å². The lowest BCUT2D eigenvalue weighted by Crippen LogP contribution is -1.88.